The van der Waals surface area contributed by atoms with E-state index in [0.717, 1.165) is 43.6 Å². The Labute approximate surface area is 153 Å². The molecule has 0 radical (unpaired) electrons. The lowest BCUT2D eigenvalue weighted by atomic mass is 10.1. The molecule has 0 saturated carbocycles. The van der Waals surface area contributed by atoms with E-state index in [4.69, 9.17) is 9.84 Å². The highest BCUT2D eigenvalue weighted by Crippen LogP contribution is 2.40. The Kier molecular flexibility index (Phi) is 4.04. The monoisotopic (exact) mass is 388 g/mol. The molecule has 1 N–H and O–H groups in total. The van der Waals surface area contributed by atoms with Crippen molar-refractivity contribution in [2.24, 2.45) is 0 Å². The number of rotatable bonds is 5. The van der Waals surface area contributed by atoms with Gasteiger partial charge in [-0.1, -0.05) is 23.5 Å². The average Bonchev–Trinajstić information content (AvgIpc) is 3.34. The first-order valence-corrected chi connectivity index (χ1v) is 9.33. The number of ether oxygens (including phenoxy) is 1. The second kappa shape index (κ2) is 6.36. The lowest BCUT2D eigenvalue weighted by Crippen LogP contribution is -1.89. The number of nitrogens with zero attached hydrogens (tertiary/aromatic N) is 2. The zero-order chi connectivity index (χ0) is 17.4. The number of hydrogen-bond donors (Lipinski definition) is 1. The number of carbonyl (C=O) groups excluding carboxylic acids is 1. The first kappa shape index (κ1) is 15.9. The summed E-state index contributed by atoms with van der Waals surface area (Å²) in [6.45, 7) is 0.398. The number of hydrogen-bond acceptors (Lipinski definition) is 8. The van der Waals surface area contributed by atoms with Gasteiger partial charge in [0.1, 0.15) is 15.9 Å². The van der Waals surface area contributed by atoms with Gasteiger partial charge in [-0.05, 0) is 24.3 Å². The number of carbonyl (C=O) groups is 2. The summed E-state index contributed by atoms with van der Waals surface area (Å²) in [7, 11) is 0. The lowest BCUT2D eigenvalue weighted by Gasteiger charge is -2.03. The molecule has 0 spiro atoms. The Morgan fingerprint density at radius 3 is 2.20 bits per heavy atom. The van der Waals surface area contributed by atoms with E-state index in [9.17, 15) is 9.59 Å². The molecule has 0 fully saturated rings. The number of carboxylic acids is 1. The van der Waals surface area contributed by atoms with E-state index in [1.54, 1.807) is 18.2 Å². The number of thiophene rings is 2. The molecule has 0 unspecified atom stereocenters. The van der Waals surface area contributed by atoms with Gasteiger partial charge in [0.05, 0.1) is 11.7 Å². The molecule has 0 atom stereocenters. The van der Waals surface area contributed by atoms with Crippen LogP contribution in [0.2, 0.25) is 0 Å². The molecule has 4 rings (SSSR count). The second-order valence-corrected chi connectivity index (χ2v) is 7.58. The van der Waals surface area contributed by atoms with Crippen LogP contribution in [0.3, 0.4) is 0 Å². The third kappa shape index (κ3) is 2.82. The molecular weight excluding hydrogens is 380 g/mol. The van der Waals surface area contributed by atoms with E-state index >= 15 is 0 Å². The van der Waals surface area contributed by atoms with Gasteiger partial charge in [0.15, 0.2) is 5.06 Å². The molecule has 0 aliphatic carbocycles. The summed E-state index contributed by atoms with van der Waals surface area (Å²) in [5.41, 5.74) is 3.22. The van der Waals surface area contributed by atoms with Gasteiger partial charge in [0.25, 0.3) is 6.47 Å². The molecule has 0 amide bonds. The molecule has 0 aliphatic heterocycles. The predicted octanol–water partition coefficient (Wildman–Crippen LogP) is 4.38. The Bertz CT molecular complexity index is 1100. The molecule has 0 bridgehead atoms. The SMILES string of the molecule is O=COc1ccc(-c2ccc(-c3ccc(C(=O)O)s3)c3nsnc23)s1. The quantitative estimate of drug-likeness (QED) is 0.510. The van der Waals surface area contributed by atoms with Gasteiger partial charge in [-0.3, -0.25) is 4.79 Å². The molecular formula is C16H8N2O4S3. The molecule has 1 aromatic carbocycles. The highest BCUT2D eigenvalue weighted by molar-refractivity contribution is 7.17. The van der Waals surface area contributed by atoms with Crippen molar-refractivity contribution in [1.82, 2.24) is 8.75 Å². The van der Waals surface area contributed by atoms with Crippen molar-refractivity contribution in [2.75, 3.05) is 0 Å². The van der Waals surface area contributed by atoms with Gasteiger partial charge < -0.3 is 9.84 Å². The van der Waals surface area contributed by atoms with Crippen LogP contribution in [0, 0.1) is 0 Å². The van der Waals surface area contributed by atoms with Crippen LogP contribution < -0.4 is 4.74 Å². The van der Waals surface area contributed by atoms with Crippen molar-refractivity contribution in [3.8, 4) is 25.9 Å². The van der Waals surface area contributed by atoms with E-state index in [-0.39, 0.29) is 4.88 Å². The van der Waals surface area contributed by atoms with Crippen LogP contribution >= 0.6 is 34.4 Å². The van der Waals surface area contributed by atoms with Crippen molar-refractivity contribution >= 4 is 57.9 Å². The molecule has 3 heterocycles. The Morgan fingerprint density at radius 2 is 1.60 bits per heavy atom. The maximum absolute atomic E-state index is 11.1. The van der Waals surface area contributed by atoms with Crippen LogP contribution in [0.5, 0.6) is 5.06 Å². The third-order valence-electron chi connectivity index (χ3n) is 3.51. The molecule has 0 saturated heterocycles. The van der Waals surface area contributed by atoms with Crippen LogP contribution in [-0.2, 0) is 4.79 Å². The summed E-state index contributed by atoms with van der Waals surface area (Å²) in [5, 5.41) is 9.62. The van der Waals surface area contributed by atoms with Gasteiger partial charge in [0.2, 0.25) is 0 Å². The fraction of sp³-hybridized carbons (Fsp3) is 0. The van der Waals surface area contributed by atoms with Gasteiger partial charge >= 0.3 is 5.97 Å². The number of aromatic carboxylic acids is 1. The first-order valence-electron chi connectivity index (χ1n) is 6.96. The summed E-state index contributed by atoms with van der Waals surface area (Å²) >= 11 is 3.66. The predicted molar refractivity (Wildman–Crippen MR) is 97.7 cm³/mol. The van der Waals surface area contributed by atoms with Crippen molar-refractivity contribution < 1.29 is 19.4 Å². The zero-order valence-corrected chi connectivity index (χ0v) is 14.8. The fourth-order valence-electron chi connectivity index (χ4n) is 2.44. The average molecular weight is 388 g/mol. The summed E-state index contributed by atoms with van der Waals surface area (Å²) < 4.78 is 13.6. The maximum Gasteiger partial charge on any atom is 0.345 e. The maximum atomic E-state index is 11.1. The number of benzene rings is 1. The number of fused-ring (bicyclic) bond motifs is 1. The topological polar surface area (TPSA) is 89.4 Å². The van der Waals surface area contributed by atoms with Crippen LogP contribution in [0.4, 0.5) is 0 Å². The minimum absolute atomic E-state index is 0.282. The Hall–Kier alpha value is -2.62. The molecule has 6 nitrogen and oxygen atoms in total. The van der Waals surface area contributed by atoms with Gasteiger partial charge in [-0.2, -0.15) is 8.75 Å². The molecule has 25 heavy (non-hydrogen) atoms. The normalized spacial score (nSPS) is 10.9. The zero-order valence-electron chi connectivity index (χ0n) is 12.3. The van der Waals surface area contributed by atoms with E-state index in [0.29, 0.717) is 11.5 Å². The summed E-state index contributed by atoms with van der Waals surface area (Å²) in [4.78, 5) is 23.6. The second-order valence-electron chi connectivity index (χ2n) is 4.92. The summed E-state index contributed by atoms with van der Waals surface area (Å²) in [5.74, 6) is -0.943. The van der Waals surface area contributed by atoms with Crippen molar-refractivity contribution in [1.29, 1.82) is 0 Å². The highest BCUT2D eigenvalue weighted by Gasteiger charge is 2.17. The largest absolute Gasteiger partial charge is 0.477 e. The molecule has 4 aromatic rings. The van der Waals surface area contributed by atoms with E-state index in [1.165, 1.54) is 22.7 Å². The smallest absolute Gasteiger partial charge is 0.345 e. The van der Waals surface area contributed by atoms with Gasteiger partial charge in [0, 0.05) is 20.9 Å². The molecule has 124 valence electrons. The Balaban J connectivity index is 1.83. The highest BCUT2D eigenvalue weighted by atomic mass is 32.1. The van der Waals surface area contributed by atoms with Crippen molar-refractivity contribution in [2.45, 2.75) is 0 Å². The molecule has 3 aromatic heterocycles. The van der Waals surface area contributed by atoms with E-state index < -0.39 is 5.97 Å². The van der Waals surface area contributed by atoms with Crippen LogP contribution in [0.25, 0.3) is 31.9 Å². The standard InChI is InChI=1S/C16H8N2O4S3/c19-7-22-13-6-5-11(24-13)9-2-1-8(14-15(9)18-25-17-14)10-3-4-12(23-10)16(20)21/h1-7H,(H,20,21). The third-order valence-corrected chi connectivity index (χ3v) is 6.15. The van der Waals surface area contributed by atoms with Crippen LogP contribution in [0.1, 0.15) is 9.67 Å². The first-order chi connectivity index (χ1) is 12.2. The Morgan fingerprint density at radius 1 is 0.960 bits per heavy atom. The molecule has 0 aliphatic rings. The number of aromatic nitrogens is 2. The summed E-state index contributed by atoms with van der Waals surface area (Å²) in [6, 6.07) is 10.8. The van der Waals surface area contributed by atoms with Crippen LogP contribution in [0.15, 0.2) is 36.4 Å². The van der Waals surface area contributed by atoms with E-state index in [1.807, 2.05) is 18.2 Å². The van der Waals surface area contributed by atoms with Gasteiger partial charge in [-0.15, -0.1) is 11.3 Å². The molecule has 9 heteroatoms. The minimum atomic E-state index is -0.943. The lowest BCUT2D eigenvalue weighted by molar-refractivity contribution is -0.120. The van der Waals surface area contributed by atoms with Crippen molar-refractivity contribution in [3.63, 3.8) is 0 Å². The summed E-state index contributed by atoms with van der Waals surface area (Å²) in [6.07, 6.45) is 0. The minimum Gasteiger partial charge on any atom is -0.477 e. The van der Waals surface area contributed by atoms with Crippen molar-refractivity contribution in [3.05, 3.63) is 41.3 Å². The number of carboxylic acid groups (broad SMARTS) is 1. The van der Waals surface area contributed by atoms with Gasteiger partial charge in [-0.25, -0.2) is 4.79 Å². The van der Waals surface area contributed by atoms with E-state index in [2.05, 4.69) is 8.75 Å². The fourth-order valence-corrected chi connectivity index (χ4v) is 4.73. The van der Waals surface area contributed by atoms with Crippen LogP contribution in [-0.4, -0.2) is 26.3 Å².